The van der Waals surface area contributed by atoms with Crippen LogP contribution in [-0.2, 0) is 64.3 Å². The van der Waals surface area contributed by atoms with Crippen molar-refractivity contribution in [1.29, 1.82) is 0 Å². The number of aromatic nitrogens is 4. The van der Waals surface area contributed by atoms with E-state index >= 15 is 0 Å². The molecule has 0 saturated heterocycles. The molecule has 5 heterocycles. The molecule has 8 bridgehead atoms. The van der Waals surface area contributed by atoms with Gasteiger partial charge in [0, 0.05) is 45.2 Å². The summed E-state index contributed by atoms with van der Waals surface area (Å²) in [5.74, 6) is -3.82. The molecule has 0 saturated carbocycles. The molecule has 1 aliphatic rings. The second-order valence-electron chi connectivity index (χ2n) is 12.1. The zero-order valence-electron chi connectivity index (χ0n) is 27.9. The van der Waals surface area contributed by atoms with Crippen LogP contribution in [0.3, 0.4) is 0 Å². The minimum absolute atomic E-state index is 0. The van der Waals surface area contributed by atoms with Crippen molar-refractivity contribution in [2.75, 3.05) is 0 Å². The van der Waals surface area contributed by atoms with E-state index in [0.29, 0.717) is 44.2 Å². The minimum atomic E-state index is -0.954. The van der Waals surface area contributed by atoms with E-state index in [9.17, 15) is 39.6 Å². The quantitative estimate of drug-likeness (QED) is 0.130. The molecule has 4 N–H and O–H groups in total. The molecule has 4 aromatic rings. The SMILES string of the molecule is Cc1c2[n-]c(c1CCC(=O)O)/C=c1\[n-]/c(c(CCC(=O)O)c1C)=C\c1[n-]c(c(CCC(=O)O)c1C)/C=c1\[n-]/c(c(CCC(=O)O)c1C)=C\2.[Zn]. The Kier molecular flexibility index (Phi) is 11.4. The van der Waals surface area contributed by atoms with Gasteiger partial charge in [0.25, 0.3) is 0 Å². The van der Waals surface area contributed by atoms with E-state index in [4.69, 9.17) is 19.9 Å². The minimum Gasteiger partial charge on any atom is -0.657 e. The summed E-state index contributed by atoms with van der Waals surface area (Å²) in [6, 6.07) is 0. The summed E-state index contributed by atoms with van der Waals surface area (Å²) in [5, 5.41) is 40.1. The molecule has 0 radical (unpaired) electrons. The number of nitrogens with zero attached hydrogens (tertiary/aromatic N) is 4. The summed E-state index contributed by atoms with van der Waals surface area (Å²) >= 11 is 0. The predicted octanol–water partition coefficient (Wildman–Crippen LogP) is 0.444. The van der Waals surface area contributed by atoms with Gasteiger partial charge in [0.15, 0.2) is 0 Å². The zero-order chi connectivity index (χ0) is 34.9. The van der Waals surface area contributed by atoms with E-state index < -0.39 is 23.9 Å². The Bertz CT molecular complexity index is 2060. The Labute approximate surface area is 294 Å². The topological polar surface area (TPSA) is 206 Å². The van der Waals surface area contributed by atoms with Crippen LogP contribution in [0.25, 0.3) is 24.3 Å². The first-order chi connectivity index (χ1) is 22.7. The van der Waals surface area contributed by atoms with Crippen molar-refractivity contribution in [2.24, 2.45) is 0 Å². The third kappa shape index (κ3) is 8.05. The maximum Gasteiger partial charge on any atom is 0.303 e. The average Bonchev–Trinajstić information content (AvgIpc) is 3.66. The van der Waals surface area contributed by atoms with Crippen LogP contribution in [-0.4, -0.2) is 44.3 Å². The third-order valence-corrected chi connectivity index (χ3v) is 9.00. The van der Waals surface area contributed by atoms with Gasteiger partial charge < -0.3 is 40.4 Å². The molecule has 0 aromatic carbocycles. The maximum absolute atomic E-state index is 11.6. The van der Waals surface area contributed by atoms with E-state index in [1.807, 2.05) is 27.7 Å². The van der Waals surface area contributed by atoms with Gasteiger partial charge in [-0.15, -0.1) is 44.2 Å². The molecule has 0 spiro atoms. The summed E-state index contributed by atoms with van der Waals surface area (Å²) < 4.78 is 0. The van der Waals surface area contributed by atoms with Gasteiger partial charge in [-0.25, -0.2) is 0 Å². The molecule has 49 heavy (non-hydrogen) atoms. The molecule has 1 aliphatic heterocycles. The van der Waals surface area contributed by atoms with E-state index in [-0.39, 0.29) is 70.8 Å². The molecule has 254 valence electrons. The fraction of sp³-hybridized carbons (Fsp3) is 0.333. The maximum atomic E-state index is 11.6. The van der Waals surface area contributed by atoms with Crippen LogP contribution in [0, 0.1) is 27.7 Å². The smallest absolute Gasteiger partial charge is 0.303 e. The predicted molar refractivity (Wildman–Crippen MR) is 175 cm³/mol. The summed E-state index contributed by atoms with van der Waals surface area (Å²) in [6.07, 6.45) is 7.54. The second kappa shape index (κ2) is 15.1. The van der Waals surface area contributed by atoms with E-state index in [1.165, 1.54) is 0 Å². The number of carboxylic acids is 4. The summed E-state index contributed by atoms with van der Waals surface area (Å²) in [7, 11) is 0. The summed E-state index contributed by atoms with van der Waals surface area (Å²) in [4.78, 5) is 65.9. The van der Waals surface area contributed by atoms with Gasteiger partial charge in [0.05, 0.1) is 0 Å². The van der Waals surface area contributed by atoms with Crippen molar-refractivity contribution in [2.45, 2.75) is 79.1 Å². The fourth-order valence-electron chi connectivity index (χ4n) is 6.26. The largest absolute Gasteiger partial charge is 0.657 e. The van der Waals surface area contributed by atoms with Gasteiger partial charge >= 0.3 is 23.9 Å². The van der Waals surface area contributed by atoms with Crippen LogP contribution in [0.15, 0.2) is 0 Å². The number of hydrogen-bond donors (Lipinski definition) is 4. The second-order valence-corrected chi connectivity index (χ2v) is 12.1. The van der Waals surface area contributed by atoms with Crippen LogP contribution in [0.4, 0.5) is 0 Å². The molecule has 5 rings (SSSR count). The molecule has 13 heteroatoms. The van der Waals surface area contributed by atoms with Gasteiger partial charge in [-0.3, -0.25) is 19.2 Å². The molecule has 4 aromatic heterocycles. The van der Waals surface area contributed by atoms with Gasteiger partial charge in [0.1, 0.15) is 0 Å². The normalized spacial score (nSPS) is 14.6. The Morgan fingerprint density at radius 1 is 0.429 bits per heavy atom. The van der Waals surface area contributed by atoms with Crippen LogP contribution < -0.4 is 41.3 Å². The Balaban J connectivity index is 0.00000541. The number of fused-ring (bicyclic) bond motifs is 8. The zero-order valence-corrected chi connectivity index (χ0v) is 30.9. The van der Waals surface area contributed by atoms with Crippen molar-refractivity contribution in [3.63, 3.8) is 0 Å². The van der Waals surface area contributed by atoms with Crippen LogP contribution in [0.1, 0.15) is 93.0 Å². The average molecular weight is 718 g/mol. The number of hydrogen-bond acceptors (Lipinski definition) is 4. The third-order valence-electron chi connectivity index (χ3n) is 9.00. The van der Waals surface area contributed by atoms with Crippen LogP contribution in [0.5, 0.6) is 0 Å². The van der Waals surface area contributed by atoms with Crippen molar-refractivity contribution in [1.82, 2.24) is 19.9 Å². The van der Waals surface area contributed by atoms with E-state index in [1.54, 1.807) is 24.3 Å². The van der Waals surface area contributed by atoms with Gasteiger partial charge in [0.2, 0.25) is 0 Å². The summed E-state index contributed by atoms with van der Waals surface area (Å²) in [5.41, 5.74) is 8.16. The first kappa shape index (κ1) is 36.9. The molecular weight excluding hydrogens is 682 g/mol. The monoisotopic (exact) mass is 716 g/mol. The Hall–Kier alpha value is -4.90. The molecule has 0 unspecified atom stereocenters. The molecule has 12 nitrogen and oxygen atoms in total. The number of carbonyl (C=O) groups is 4. The van der Waals surface area contributed by atoms with Crippen molar-refractivity contribution >= 4 is 48.2 Å². The number of carboxylic acid groups (broad SMARTS) is 4. The first-order valence-electron chi connectivity index (χ1n) is 15.6. The van der Waals surface area contributed by atoms with Crippen molar-refractivity contribution < 1.29 is 59.1 Å². The summed E-state index contributed by atoms with van der Waals surface area (Å²) in [6.45, 7) is 7.43. The van der Waals surface area contributed by atoms with Crippen LogP contribution >= 0.6 is 0 Å². The van der Waals surface area contributed by atoms with Crippen LogP contribution in [0.2, 0.25) is 0 Å². The number of rotatable bonds is 12. The molecular formula is C36H36N4O8Zn-4. The van der Waals surface area contributed by atoms with Crippen molar-refractivity contribution in [3.8, 4) is 0 Å². The van der Waals surface area contributed by atoms with E-state index in [2.05, 4.69) is 0 Å². The Morgan fingerprint density at radius 2 is 0.714 bits per heavy atom. The van der Waals surface area contributed by atoms with E-state index in [0.717, 1.165) is 44.5 Å². The number of aliphatic carboxylic acids is 4. The molecule has 0 fully saturated rings. The molecule has 0 amide bonds. The Morgan fingerprint density at radius 3 is 1.02 bits per heavy atom. The standard InChI is InChI=1S/C36H36N4O8.Zn/c1-17-21(5-9-33(41)42)29-14-26-19(3)23(7-11-35(45)46)31(39-26)16-28-20(4)24(8-12-36(47)48)32(40-28)15-27-18(2)22(6-10-34(43)44)30(38-27)13-25(17)37-29;/h13-16H,5-12H2,1-4H3,(H,41,42)(H,43,44)(H,45,46)(H,47,48);/q-4;/b25-13-,26-14?,27-15?,28-16-,29-14-,30-13?,31-16?,32-15-;. The van der Waals surface area contributed by atoms with Gasteiger partial charge in [-0.2, -0.15) is 0 Å². The molecule has 0 atom stereocenters. The van der Waals surface area contributed by atoms with Crippen molar-refractivity contribution in [3.05, 3.63) is 88.7 Å². The molecule has 0 aliphatic carbocycles. The first-order valence-corrected chi connectivity index (χ1v) is 15.6. The van der Waals surface area contributed by atoms with Gasteiger partial charge in [-0.1, -0.05) is 68.8 Å². The fourth-order valence-corrected chi connectivity index (χ4v) is 6.26. The van der Waals surface area contributed by atoms with Gasteiger partial charge in [-0.05, 0) is 53.4 Å².